The zero-order valence-electron chi connectivity index (χ0n) is 13.4. The summed E-state index contributed by atoms with van der Waals surface area (Å²) in [5.41, 5.74) is 2.17. The Morgan fingerprint density at radius 1 is 1.12 bits per heavy atom. The van der Waals surface area contributed by atoms with Crippen LogP contribution in [0.15, 0.2) is 35.2 Å². The number of hydrogen-bond acceptors (Lipinski definition) is 4. The molecule has 0 atom stereocenters. The van der Waals surface area contributed by atoms with Crippen molar-refractivity contribution in [1.29, 1.82) is 0 Å². The molecule has 1 saturated heterocycles. The monoisotopic (exact) mass is 427 g/mol. The number of hydrogen-bond donors (Lipinski definition) is 1. The zero-order valence-corrected chi connectivity index (χ0v) is 16.5. The molecule has 2 aromatic carbocycles. The number of rotatable bonds is 3. The van der Waals surface area contributed by atoms with E-state index in [2.05, 4.69) is 0 Å². The smallest absolute Gasteiger partial charge is 0.293 e. The Labute approximate surface area is 169 Å². The molecule has 8 heteroatoms. The van der Waals surface area contributed by atoms with Gasteiger partial charge in [0.05, 0.1) is 26.5 Å². The van der Waals surface area contributed by atoms with Crippen LogP contribution in [-0.4, -0.2) is 21.2 Å². The lowest BCUT2D eigenvalue weighted by molar-refractivity contribution is -0.123. The van der Waals surface area contributed by atoms with Gasteiger partial charge in [0.2, 0.25) is 0 Å². The highest BCUT2D eigenvalue weighted by Crippen LogP contribution is 2.42. The van der Waals surface area contributed by atoms with Crippen LogP contribution < -0.4 is 0 Å². The van der Waals surface area contributed by atoms with Gasteiger partial charge in [-0.25, -0.2) is 0 Å². The first-order valence-electron chi connectivity index (χ1n) is 7.45. The number of phenols is 1. The topological polar surface area (TPSA) is 57.6 Å². The fraction of sp³-hybridized carbons (Fsp3) is 0.111. The number of aryl methyl sites for hydroxylation is 1. The van der Waals surface area contributed by atoms with Gasteiger partial charge < -0.3 is 5.11 Å². The van der Waals surface area contributed by atoms with E-state index < -0.39 is 5.91 Å². The zero-order chi connectivity index (χ0) is 19.0. The molecular weight excluding hydrogens is 417 g/mol. The molecule has 1 N–H and O–H groups in total. The van der Waals surface area contributed by atoms with Crippen LogP contribution in [0, 0.1) is 6.92 Å². The van der Waals surface area contributed by atoms with Gasteiger partial charge in [0.1, 0.15) is 0 Å². The maximum absolute atomic E-state index is 12.6. The van der Waals surface area contributed by atoms with Crippen LogP contribution in [0.25, 0.3) is 6.08 Å². The molecule has 3 rings (SSSR count). The van der Waals surface area contributed by atoms with Gasteiger partial charge in [0.15, 0.2) is 5.75 Å². The van der Waals surface area contributed by atoms with Crippen LogP contribution in [0.5, 0.6) is 5.75 Å². The van der Waals surface area contributed by atoms with E-state index in [1.165, 1.54) is 12.1 Å². The van der Waals surface area contributed by atoms with Crippen LogP contribution in [0.2, 0.25) is 15.1 Å². The summed E-state index contributed by atoms with van der Waals surface area (Å²) in [6, 6.07) is 8.90. The van der Waals surface area contributed by atoms with Crippen LogP contribution in [-0.2, 0) is 11.3 Å². The van der Waals surface area contributed by atoms with Crippen molar-refractivity contribution in [2.75, 3.05) is 0 Å². The van der Waals surface area contributed by atoms with E-state index in [9.17, 15) is 14.7 Å². The lowest BCUT2D eigenvalue weighted by Crippen LogP contribution is -2.27. The third kappa shape index (κ3) is 3.71. The highest BCUT2D eigenvalue weighted by molar-refractivity contribution is 8.18. The first-order valence-corrected chi connectivity index (χ1v) is 9.40. The van der Waals surface area contributed by atoms with Gasteiger partial charge in [0, 0.05) is 5.56 Å². The molecular formula is C18H12Cl3NO3S. The molecule has 2 aromatic rings. The summed E-state index contributed by atoms with van der Waals surface area (Å²) in [6.45, 7) is 2.14. The number of carbonyl (C=O) groups excluding carboxylic acids is 2. The number of benzene rings is 2. The van der Waals surface area contributed by atoms with E-state index in [4.69, 9.17) is 34.8 Å². The molecule has 134 valence electrons. The maximum atomic E-state index is 12.6. The Kier molecular flexibility index (Phi) is 5.53. The fourth-order valence-corrected chi connectivity index (χ4v) is 4.06. The summed E-state index contributed by atoms with van der Waals surface area (Å²) in [4.78, 5) is 26.2. The van der Waals surface area contributed by atoms with Gasteiger partial charge in [-0.1, -0.05) is 64.6 Å². The third-order valence-corrected chi connectivity index (χ3v) is 5.68. The number of imide groups is 1. The second kappa shape index (κ2) is 7.53. The SMILES string of the molecule is Cc1ccc(CN2C(=O)S/C(=C\c3c(Cl)cc(Cl)c(O)c3Cl)C2=O)cc1. The van der Waals surface area contributed by atoms with Gasteiger partial charge in [-0.05, 0) is 36.4 Å². The Balaban J connectivity index is 1.90. The molecule has 4 nitrogen and oxygen atoms in total. The Bertz CT molecular complexity index is 942. The Morgan fingerprint density at radius 2 is 1.77 bits per heavy atom. The van der Waals surface area contributed by atoms with Crippen LogP contribution in [0.4, 0.5) is 4.79 Å². The molecule has 2 amide bonds. The largest absolute Gasteiger partial charge is 0.505 e. The number of thioether (sulfide) groups is 1. The minimum absolute atomic E-state index is 0.00428. The van der Waals surface area contributed by atoms with E-state index in [0.717, 1.165) is 27.8 Å². The minimum atomic E-state index is -0.442. The first-order chi connectivity index (χ1) is 12.3. The standard InChI is InChI=1S/C18H12Cl3NO3S/c1-9-2-4-10(5-3-9)8-22-17(24)14(26-18(22)25)6-11-12(19)7-13(20)16(23)15(11)21/h2-7,23H,8H2,1H3/b14-6-. The van der Waals surface area contributed by atoms with Crippen LogP contribution in [0.3, 0.4) is 0 Å². The van der Waals surface area contributed by atoms with E-state index in [-0.39, 0.29) is 43.1 Å². The molecule has 1 aliphatic rings. The predicted octanol–water partition coefficient (Wildman–Crippen LogP) is 5.90. The Morgan fingerprint density at radius 3 is 2.42 bits per heavy atom. The molecule has 0 aliphatic carbocycles. The number of halogens is 3. The fourth-order valence-electron chi connectivity index (χ4n) is 2.37. The van der Waals surface area contributed by atoms with Gasteiger partial charge in [0.25, 0.3) is 11.1 Å². The lowest BCUT2D eigenvalue weighted by Gasteiger charge is -2.12. The highest BCUT2D eigenvalue weighted by Gasteiger charge is 2.35. The van der Waals surface area contributed by atoms with E-state index in [0.29, 0.717) is 0 Å². The molecule has 0 radical (unpaired) electrons. The van der Waals surface area contributed by atoms with Crippen molar-refractivity contribution in [3.63, 3.8) is 0 Å². The van der Waals surface area contributed by atoms with Crippen LogP contribution in [0.1, 0.15) is 16.7 Å². The minimum Gasteiger partial charge on any atom is -0.505 e. The number of nitrogens with zero attached hydrogens (tertiary/aromatic N) is 1. The predicted molar refractivity (Wildman–Crippen MR) is 106 cm³/mol. The van der Waals surface area contributed by atoms with Crippen molar-refractivity contribution < 1.29 is 14.7 Å². The summed E-state index contributed by atoms with van der Waals surface area (Å²) < 4.78 is 0. The molecule has 0 spiro atoms. The third-order valence-electron chi connectivity index (χ3n) is 3.79. The van der Waals surface area contributed by atoms with Crippen LogP contribution >= 0.6 is 46.6 Å². The van der Waals surface area contributed by atoms with Gasteiger partial charge in [-0.2, -0.15) is 0 Å². The summed E-state index contributed by atoms with van der Waals surface area (Å²) >= 11 is 18.8. The average Bonchev–Trinajstić information content (AvgIpc) is 2.86. The molecule has 0 saturated carbocycles. The molecule has 26 heavy (non-hydrogen) atoms. The average molecular weight is 429 g/mol. The number of phenolic OH excluding ortho intramolecular Hbond substituents is 1. The summed E-state index contributed by atoms with van der Waals surface area (Å²) in [5.74, 6) is -0.773. The second-order valence-corrected chi connectivity index (χ2v) is 7.86. The quantitative estimate of drug-likeness (QED) is 0.619. The second-order valence-electron chi connectivity index (χ2n) is 5.67. The van der Waals surface area contributed by atoms with E-state index >= 15 is 0 Å². The molecule has 1 aliphatic heterocycles. The molecule has 1 fully saturated rings. The van der Waals surface area contributed by atoms with Gasteiger partial charge in [-0.3, -0.25) is 14.5 Å². The van der Waals surface area contributed by atoms with E-state index in [1.807, 2.05) is 31.2 Å². The highest BCUT2D eigenvalue weighted by atomic mass is 35.5. The number of amides is 2. The summed E-state index contributed by atoms with van der Waals surface area (Å²) in [5, 5.41) is 9.57. The number of aromatic hydroxyl groups is 1. The van der Waals surface area contributed by atoms with Crippen molar-refractivity contribution in [3.05, 3.63) is 67.0 Å². The van der Waals surface area contributed by atoms with Crippen molar-refractivity contribution in [2.45, 2.75) is 13.5 Å². The number of carbonyl (C=O) groups is 2. The van der Waals surface area contributed by atoms with Crippen molar-refractivity contribution in [2.24, 2.45) is 0 Å². The Hall–Kier alpha value is -1.66. The molecule has 0 bridgehead atoms. The van der Waals surface area contributed by atoms with Crippen molar-refractivity contribution in [3.8, 4) is 5.75 Å². The molecule has 0 aromatic heterocycles. The van der Waals surface area contributed by atoms with E-state index in [1.54, 1.807) is 0 Å². The first kappa shape index (κ1) is 19.1. The maximum Gasteiger partial charge on any atom is 0.293 e. The summed E-state index contributed by atoms with van der Waals surface area (Å²) in [6.07, 6.45) is 1.39. The van der Waals surface area contributed by atoms with Crippen molar-refractivity contribution >= 4 is 63.8 Å². The molecule has 0 unspecified atom stereocenters. The van der Waals surface area contributed by atoms with Gasteiger partial charge in [-0.15, -0.1) is 0 Å². The normalized spacial score (nSPS) is 16.0. The lowest BCUT2D eigenvalue weighted by atomic mass is 10.1. The van der Waals surface area contributed by atoms with Gasteiger partial charge >= 0.3 is 0 Å². The van der Waals surface area contributed by atoms with Crippen molar-refractivity contribution in [1.82, 2.24) is 4.90 Å². The molecule has 1 heterocycles. The summed E-state index contributed by atoms with van der Waals surface area (Å²) in [7, 11) is 0.